The first-order valence-electron chi connectivity index (χ1n) is 7.31. The zero-order chi connectivity index (χ0) is 18.2. The average molecular weight is 373 g/mol. The van der Waals surface area contributed by atoms with Crippen LogP contribution < -0.4 is 0 Å². The van der Waals surface area contributed by atoms with E-state index in [0.29, 0.717) is 23.4 Å². The van der Waals surface area contributed by atoms with Gasteiger partial charge in [-0.2, -0.15) is 18.1 Å². The molecule has 0 amide bonds. The van der Waals surface area contributed by atoms with Crippen LogP contribution in [0.3, 0.4) is 0 Å². The quantitative estimate of drug-likeness (QED) is 0.587. The minimum Gasteiger partial charge on any atom is -0.291 e. The van der Waals surface area contributed by atoms with Crippen LogP contribution >= 0.6 is 11.6 Å². The van der Waals surface area contributed by atoms with Gasteiger partial charge in [0.15, 0.2) is 11.4 Å². The lowest BCUT2D eigenvalue weighted by atomic mass is 10.1. The van der Waals surface area contributed by atoms with E-state index >= 15 is 0 Å². The highest BCUT2D eigenvalue weighted by molar-refractivity contribution is 6.30. The molecule has 0 radical (unpaired) electrons. The first-order valence-corrected chi connectivity index (χ1v) is 7.69. The van der Waals surface area contributed by atoms with Crippen molar-refractivity contribution in [2.24, 2.45) is 0 Å². The summed E-state index contributed by atoms with van der Waals surface area (Å²) in [5, 5.41) is 0.391. The molecule has 0 bridgehead atoms. The van der Waals surface area contributed by atoms with Crippen LogP contribution in [0.1, 0.15) is 40.6 Å². The summed E-state index contributed by atoms with van der Waals surface area (Å²) in [6, 6.07) is 6.46. The number of benzene rings is 1. The summed E-state index contributed by atoms with van der Waals surface area (Å²) in [5.74, 6) is -1.50. The first kappa shape index (κ1) is 17.6. The Labute approximate surface area is 145 Å². The highest BCUT2D eigenvalue weighted by atomic mass is 35.5. The van der Waals surface area contributed by atoms with Gasteiger partial charge in [-0.25, -0.2) is 14.8 Å². The predicted octanol–water partition coefficient (Wildman–Crippen LogP) is 4.41. The molecule has 1 aliphatic rings. The van der Waals surface area contributed by atoms with E-state index in [9.17, 15) is 18.0 Å². The lowest BCUT2D eigenvalue weighted by Crippen LogP contribution is -2.21. The number of alkyl halides is 3. The van der Waals surface area contributed by atoms with E-state index in [0.717, 1.165) is 7.11 Å². The zero-order valence-corrected chi connectivity index (χ0v) is 13.7. The van der Waals surface area contributed by atoms with E-state index in [2.05, 4.69) is 19.7 Å². The molecule has 3 rings (SSSR count). The summed E-state index contributed by atoms with van der Waals surface area (Å²) >= 11 is 5.96. The van der Waals surface area contributed by atoms with Crippen molar-refractivity contribution in [2.75, 3.05) is 7.11 Å². The normalized spacial score (nSPS) is 14.4. The minimum atomic E-state index is -4.86. The van der Waals surface area contributed by atoms with Crippen LogP contribution in [0.4, 0.5) is 13.2 Å². The van der Waals surface area contributed by atoms with Crippen molar-refractivity contribution in [2.45, 2.75) is 24.9 Å². The smallest absolute Gasteiger partial charge is 0.291 e. The fourth-order valence-corrected chi connectivity index (χ4v) is 2.58. The van der Waals surface area contributed by atoms with Gasteiger partial charge >= 0.3 is 12.1 Å². The molecule has 0 saturated heterocycles. The molecule has 1 aromatic carbocycles. The lowest BCUT2D eigenvalue weighted by Gasteiger charge is -2.15. The van der Waals surface area contributed by atoms with Crippen molar-refractivity contribution in [3.8, 4) is 11.3 Å². The Bertz CT molecular complexity index is 823. The summed E-state index contributed by atoms with van der Waals surface area (Å²) in [6.07, 6.45) is -3.44. The molecule has 0 aliphatic heterocycles. The van der Waals surface area contributed by atoms with Gasteiger partial charge in [0.2, 0.25) is 0 Å². The van der Waals surface area contributed by atoms with Gasteiger partial charge in [-0.3, -0.25) is 4.89 Å². The second-order valence-corrected chi connectivity index (χ2v) is 5.91. The maximum atomic E-state index is 13.3. The molecule has 0 atom stereocenters. The monoisotopic (exact) mass is 372 g/mol. The average Bonchev–Trinajstić information content (AvgIpc) is 3.38. The molecule has 0 N–H and O–H groups in total. The third kappa shape index (κ3) is 3.74. The van der Waals surface area contributed by atoms with Gasteiger partial charge in [-0.15, -0.1) is 0 Å². The molecule has 1 saturated carbocycles. The van der Waals surface area contributed by atoms with Crippen LogP contribution in [0.2, 0.25) is 5.02 Å². The van der Waals surface area contributed by atoms with Crippen molar-refractivity contribution in [3.05, 3.63) is 46.4 Å². The van der Waals surface area contributed by atoms with Crippen LogP contribution in [-0.4, -0.2) is 23.0 Å². The van der Waals surface area contributed by atoms with E-state index in [4.69, 9.17) is 11.6 Å². The van der Waals surface area contributed by atoms with Crippen molar-refractivity contribution >= 4 is 17.6 Å². The molecule has 0 spiro atoms. The molecule has 1 fully saturated rings. The van der Waals surface area contributed by atoms with Crippen LogP contribution in [-0.2, 0) is 16.0 Å². The fourth-order valence-electron chi connectivity index (χ4n) is 2.39. The molecule has 2 aromatic rings. The summed E-state index contributed by atoms with van der Waals surface area (Å²) in [6.45, 7) is 0. The third-order valence-electron chi connectivity index (χ3n) is 3.61. The van der Waals surface area contributed by atoms with Gasteiger partial charge in [0.25, 0.3) is 0 Å². The second kappa shape index (κ2) is 6.61. The number of hydrogen-bond donors (Lipinski definition) is 0. The lowest BCUT2D eigenvalue weighted by molar-refractivity contribution is -0.217. The molecular formula is C16H12ClF3N2O3. The maximum Gasteiger partial charge on any atom is 0.435 e. The van der Waals surface area contributed by atoms with Crippen LogP contribution in [0.25, 0.3) is 11.3 Å². The summed E-state index contributed by atoms with van der Waals surface area (Å²) < 4.78 is 40.0. The number of aromatic nitrogens is 2. The van der Waals surface area contributed by atoms with E-state index in [1.165, 1.54) is 0 Å². The van der Waals surface area contributed by atoms with Crippen molar-refractivity contribution in [1.82, 2.24) is 9.97 Å². The first-order chi connectivity index (χ1) is 11.8. The Kier molecular flexibility index (Phi) is 4.66. The van der Waals surface area contributed by atoms with Crippen molar-refractivity contribution < 1.29 is 27.7 Å². The van der Waals surface area contributed by atoms with Gasteiger partial charge in [0.1, 0.15) is 0 Å². The van der Waals surface area contributed by atoms with Gasteiger partial charge in [0.05, 0.1) is 18.5 Å². The molecule has 1 heterocycles. The Morgan fingerprint density at radius 2 is 2.00 bits per heavy atom. The predicted molar refractivity (Wildman–Crippen MR) is 81.9 cm³/mol. The molecule has 5 nitrogen and oxygen atoms in total. The van der Waals surface area contributed by atoms with Crippen molar-refractivity contribution in [3.63, 3.8) is 0 Å². The number of carbonyl (C=O) groups is 1. The molecule has 0 unspecified atom stereocenters. The Balaban J connectivity index is 2.23. The van der Waals surface area contributed by atoms with E-state index < -0.39 is 23.5 Å². The molecule has 1 aromatic heterocycles. The third-order valence-corrected chi connectivity index (χ3v) is 3.84. The Morgan fingerprint density at radius 1 is 1.28 bits per heavy atom. The fraction of sp³-hybridized carbons (Fsp3) is 0.312. The zero-order valence-electron chi connectivity index (χ0n) is 12.9. The summed E-state index contributed by atoms with van der Waals surface area (Å²) in [4.78, 5) is 27.9. The standard InChI is InChI=1S/C16H12ClF3N2O3/c1-24-25-15(23)13-14(16(18,19)20)22-11(8-5-6-8)12(21-13)9-3-2-4-10(17)7-9/h2-4,7-8H,5-6H2,1H3. The molecule has 9 heteroatoms. The van der Waals surface area contributed by atoms with Gasteiger partial charge in [-0.1, -0.05) is 23.7 Å². The Hall–Kier alpha value is -2.19. The summed E-state index contributed by atoms with van der Waals surface area (Å²) in [5.41, 5.74) is -1.48. The van der Waals surface area contributed by atoms with Crippen LogP contribution in [0, 0.1) is 0 Å². The highest BCUT2D eigenvalue weighted by Crippen LogP contribution is 2.44. The van der Waals surface area contributed by atoms with Gasteiger partial charge < -0.3 is 0 Å². The van der Waals surface area contributed by atoms with Gasteiger partial charge in [0, 0.05) is 16.5 Å². The maximum absolute atomic E-state index is 13.3. The minimum absolute atomic E-state index is 0.130. The number of halogens is 4. The van der Waals surface area contributed by atoms with E-state index in [1.54, 1.807) is 24.3 Å². The SMILES string of the molecule is COOC(=O)c1nc(-c2cccc(Cl)c2)c(C2CC2)nc1C(F)(F)F. The largest absolute Gasteiger partial charge is 0.435 e. The van der Waals surface area contributed by atoms with Gasteiger partial charge in [-0.05, 0) is 25.0 Å². The second-order valence-electron chi connectivity index (χ2n) is 5.47. The molecular weight excluding hydrogens is 361 g/mol. The Morgan fingerprint density at radius 3 is 2.56 bits per heavy atom. The number of nitrogens with zero attached hydrogens (tertiary/aromatic N) is 2. The van der Waals surface area contributed by atoms with E-state index in [-0.39, 0.29) is 17.3 Å². The summed E-state index contributed by atoms with van der Waals surface area (Å²) in [7, 11) is 1.01. The topological polar surface area (TPSA) is 61.3 Å². The number of carbonyl (C=O) groups excluding carboxylic acids is 1. The number of hydrogen-bond acceptors (Lipinski definition) is 5. The van der Waals surface area contributed by atoms with Crippen LogP contribution in [0.15, 0.2) is 24.3 Å². The molecule has 25 heavy (non-hydrogen) atoms. The molecule has 1 aliphatic carbocycles. The van der Waals surface area contributed by atoms with Crippen molar-refractivity contribution in [1.29, 1.82) is 0 Å². The van der Waals surface area contributed by atoms with Crippen LogP contribution in [0.5, 0.6) is 0 Å². The highest BCUT2D eigenvalue weighted by Gasteiger charge is 2.42. The molecule has 132 valence electrons. The number of rotatable bonds is 4. The van der Waals surface area contributed by atoms with E-state index in [1.807, 2.05) is 0 Å².